The Morgan fingerprint density at radius 3 is 2.86 bits per heavy atom. The first-order valence-electron chi connectivity index (χ1n) is 7.60. The molecule has 1 aliphatic heterocycles. The maximum atomic E-state index is 12.4. The molecular weight excluding hydrogens is 320 g/mol. The third kappa shape index (κ3) is 3.36. The lowest BCUT2D eigenvalue weighted by Gasteiger charge is -2.23. The van der Waals surface area contributed by atoms with Gasteiger partial charge >= 0.3 is 0 Å². The van der Waals surface area contributed by atoms with E-state index in [9.17, 15) is 9.00 Å². The molecule has 4 nitrogen and oxygen atoms in total. The fourth-order valence-corrected chi connectivity index (χ4v) is 4.35. The van der Waals surface area contributed by atoms with Crippen molar-refractivity contribution in [1.29, 1.82) is 0 Å². The predicted molar refractivity (Wildman–Crippen MR) is 90.5 cm³/mol. The van der Waals surface area contributed by atoms with E-state index in [-0.39, 0.29) is 17.2 Å². The highest BCUT2D eigenvalue weighted by atomic mass is 35.5. The summed E-state index contributed by atoms with van der Waals surface area (Å²) in [5, 5.41) is 6.94. The number of hydrogen-bond donors (Lipinski definition) is 2. The Bertz CT molecular complexity index is 614. The Hall–Kier alpha value is -0.910. The molecule has 0 bridgehead atoms. The van der Waals surface area contributed by atoms with Crippen molar-refractivity contribution in [3.05, 3.63) is 28.8 Å². The van der Waals surface area contributed by atoms with Crippen molar-refractivity contribution >= 4 is 34.0 Å². The van der Waals surface area contributed by atoms with Crippen LogP contribution in [0.15, 0.2) is 18.2 Å². The van der Waals surface area contributed by atoms with Crippen molar-refractivity contribution < 1.29 is 9.00 Å². The number of benzene rings is 1. The second-order valence-electron chi connectivity index (χ2n) is 6.38. The van der Waals surface area contributed by atoms with Gasteiger partial charge in [0.15, 0.2) is 0 Å². The zero-order valence-corrected chi connectivity index (χ0v) is 14.2. The summed E-state index contributed by atoms with van der Waals surface area (Å²) in [6.45, 7) is 2.02. The fraction of sp³-hybridized carbons (Fsp3) is 0.562. The smallest absolute Gasteiger partial charge is 0.228 e. The molecule has 3 rings (SSSR count). The maximum Gasteiger partial charge on any atom is 0.228 e. The van der Waals surface area contributed by atoms with Gasteiger partial charge < -0.3 is 10.6 Å². The third-order valence-corrected chi connectivity index (χ3v) is 5.86. The quantitative estimate of drug-likeness (QED) is 0.885. The number of halogens is 1. The lowest BCUT2D eigenvalue weighted by atomic mass is 9.92. The van der Waals surface area contributed by atoms with E-state index in [2.05, 4.69) is 10.6 Å². The number of anilines is 1. The van der Waals surface area contributed by atoms with Gasteiger partial charge in [0.1, 0.15) is 0 Å². The predicted octanol–water partition coefficient (Wildman–Crippen LogP) is 2.55. The molecule has 0 radical (unpaired) electrons. The van der Waals surface area contributed by atoms with E-state index in [0.717, 1.165) is 43.6 Å². The Morgan fingerprint density at radius 1 is 1.45 bits per heavy atom. The molecule has 1 saturated carbocycles. The Balaban J connectivity index is 1.66. The van der Waals surface area contributed by atoms with E-state index >= 15 is 0 Å². The summed E-state index contributed by atoms with van der Waals surface area (Å²) in [5.41, 5.74) is 1.79. The molecule has 1 amide bonds. The molecular formula is C16H21ClN2O2S. The first-order chi connectivity index (χ1) is 10.5. The van der Waals surface area contributed by atoms with Gasteiger partial charge in [0.05, 0.1) is 0 Å². The third-order valence-electron chi connectivity index (χ3n) is 4.78. The molecule has 2 atom stereocenters. The molecule has 1 heterocycles. The van der Waals surface area contributed by atoms with Crippen LogP contribution in [0.3, 0.4) is 0 Å². The highest BCUT2D eigenvalue weighted by Gasteiger charge is 2.57. The number of nitrogens with one attached hydrogen (secondary N) is 2. The van der Waals surface area contributed by atoms with E-state index in [1.807, 2.05) is 6.07 Å². The van der Waals surface area contributed by atoms with Crippen LogP contribution in [0.2, 0.25) is 5.02 Å². The fourth-order valence-electron chi connectivity index (χ4n) is 3.41. The van der Waals surface area contributed by atoms with Gasteiger partial charge in [-0.25, -0.2) is 0 Å². The van der Waals surface area contributed by atoms with Crippen LogP contribution in [-0.2, 0) is 21.3 Å². The SMILES string of the molecule is CS(=O)Cc1cc(NC(=O)C2CC23CCNCC3)ccc1Cl. The van der Waals surface area contributed by atoms with E-state index < -0.39 is 10.8 Å². The highest BCUT2D eigenvalue weighted by Crippen LogP contribution is 2.58. The van der Waals surface area contributed by atoms with Gasteiger partial charge in [-0.05, 0) is 61.5 Å². The van der Waals surface area contributed by atoms with Crippen molar-refractivity contribution in [2.24, 2.45) is 11.3 Å². The largest absolute Gasteiger partial charge is 0.326 e. The average molecular weight is 341 g/mol. The van der Waals surface area contributed by atoms with Crippen molar-refractivity contribution in [2.75, 3.05) is 24.7 Å². The average Bonchev–Trinajstić information content (AvgIpc) is 3.16. The molecule has 1 aromatic carbocycles. The molecule has 0 aromatic heterocycles. The molecule has 2 aliphatic rings. The molecule has 2 fully saturated rings. The minimum atomic E-state index is -0.957. The number of rotatable bonds is 4. The molecule has 1 aromatic rings. The van der Waals surface area contributed by atoms with Gasteiger partial charge in [-0.3, -0.25) is 9.00 Å². The van der Waals surface area contributed by atoms with Crippen molar-refractivity contribution in [3.8, 4) is 0 Å². The van der Waals surface area contributed by atoms with Crippen molar-refractivity contribution in [1.82, 2.24) is 5.32 Å². The lowest BCUT2D eigenvalue weighted by Crippen LogP contribution is -2.31. The zero-order chi connectivity index (χ0) is 15.7. The van der Waals surface area contributed by atoms with Gasteiger partial charge in [-0.2, -0.15) is 0 Å². The molecule has 1 aliphatic carbocycles. The van der Waals surface area contributed by atoms with Gasteiger partial charge in [0.25, 0.3) is 0 Å². The van der Waals surface area contributed by atoms with E-state index in [1.54, 1.807) is 18.4 Å². The van der Waals surface area contributed by atoms with Gasteiger partial charge in [0.2, 0.25) is 5.91 Å². The first-order valence-corrected chi connectivity index (χ1v) is 9.71. The molecule has 6 heteroatoms. The van der Waals surface area contributed by atoms with Gasteiger partial charge in [-0.1, -0.05) is 11.6 Å². The molecule has 120 valence electrons. The van der Waals surface area contributed by atoms with Crippen LogP contribution in [0.1, 0.15) is 24.8 Å². The minimum absolute atomic E-state index is 0.104. The molecule has 2 unspecified atom stereocenters. The number of piperidine rings is 1. The Kier molecular flexibility index (Phi) is 4.57. The van der Waals surface area contributed by atoms with E-state index in [4.69, 9.17) is 11.6 Å². The molecule has 22 heavy (non-hydrogen) atoms. The maximum absolute atomic E-state index is 12.4. The Labute approximate surface area is 138 Å². The van der Waals surface area contributed by atoms with Crippen LogP contribution < -0.4 is 10.6 Å². The molecule has 2 N–H and O–H groups in total. The van der Waals surface area contributed by atoms with Crippen molar-refractivity contribution in [2.45, 2.75) is 25.0 Å². The normalized spacial score (nSPS) is 24.0. The summed E-state index contributed by atoms with van der Waals surface area (Å²) >= 11 is 6.11. The summed E-state index contributed by atoms with van der Waals surface area (Å²) in [5.74, 6) is 0.642. The van der Waals surface area contributed by atoms with Crippen LogP contribution in [0.4, 0.5) is 5.69 Å². The van der Waals surface area contributed by atoms with Crippen LogP contribution in [-0.4, -0.2) is 29.5 Å². The second kappa shape index (κ2) is 6.30. The summed E-state index contributed by atoms with van der Waals surface area (Å²) in [4.78, 5) is 12.4. The summed E-state index contributed by atoms with van der Waals surface area (Å²) in [7, 11) is -0.957. The topological polar surface area (TPSA) is 58.2 Å². The zero-order valence-electron chi connectivity index (χ0n) is 12.7. The second-order valence-corrected chi connectivity index (χ2v) is 8.22. The van der Waals surface area contributed by atoms with Crippen LogP contribution in [0.5, 0.6) is 0 Å². The van der Waals surface area contributed by atoms with Crippen LogP contribution in [0.25, 0.3) is 0 Å². The molecule has 1 spiro atoms. The van der Waals surface area contributed by atoms with Crippen LogP contribution >= 0.6 is 11.6 Å². The monoisotopic (exact) mass is 340 g/mol. The number of carbonyl (C=O) groups is 1. The Morgan fingerprint density at radius 2 is 2.18 bits per heavy atom. The van der Waals surface area contributed by atoms with E-state index in [0.29, 0.717) is 10.8 Å². The lowest BCUT2D eigenvalue weighted by molar-refractivity contribution is -0.118. The van der Waals surface area contributed by atoms with Gasteiger partial charge in [-0.15, -0.1) is 0 Å². The number of hydrogen-bond acceptors (Lipinski definition) is 3. The van der Waals surface area contributed by atoms with Crippen LogP contribution in [0, 0.1) is 11.3 Å². The highest BCUT2D eigenvalue weighted by molar-refractivity contribution is 7.83. The number of amides is 1. The summed E-state index contributed by atoms with van der Waals surface area (Å²) < 4.78 is 11.4. The molecule has 1 saturated heterocycles. The summed E-state index contributed by atoms with van der Waals surface area (Å²) in [6.07, 6.45) is 4.82. The minimum Gasteiger partial charge on any atom is -0.326 e. The van der Waals surface area contributed by atoms with E-state index in [1.165, 1.54) is 0 Å². The first kappa shape index (κ1) is 16.0. The van der Waals surface area contributed by atoms with Crippen molar-refractivity contribution in [3.63, 3.8) is 0 Å². The number of carbonyl (C=O) groups excluding carboxylic acids is 1. The van der Waals surface area contributed by atoms with Gasteiger partial charge in [0, 0.05) is 39.4 Å². The summed E-state index contributed by atoms with van der Waals surface area (Å²) in [6, 6.07) is 5.39. The standard InChI is InChI=1S/C16H21ClN2O2S/c1-22(21)10-11-8-12(2-3-14(11)17)19-15(20)13-9-16(13)4-6-18-7-5-16/h2-3,8,13,18H,4-7,9-10H2,1H3,(H,19,20).